The lowest BCUT2D eigenvalue weighted by Gasteiger charge is -2.30. The summed E-state index contributed by atoms with van der Waals surface area (Å²) >= 11 is 5.76. The highest BCUT2D eigenvalue weighted by Crippen LogP contribution is 2.28. The van der Waals surface area contributed by atoms with Gasteiger partial charge in [-0.15, -0.1) is 0 Å². The fourth-order valence-electron chi connectivity index (χ4n) is 3.08. The second kappa shape index (κ2) is 6.03. The van der Waals surface area contributed by atoms with E-state index in [1.54, 1.807) is 24.5 Å². The average Bonchev–Trinajstić information content (AvgIpc) is 3.02. The second-order valence-corrected chi connectivity index (χ2v) is 6.34. The molecule has 2 aromatic heterocycles. The molecule has 4 rings (SSSR count). The molecule has 1 aliphatic rings. The molecule has 1 aromatic carbocycles. The number of imidazole rings is 1. The van der Waals surface area contributed by atoms with Gasteiger partial charge in [-0.3, -0.25) is 4.40 Å². The Labute approximate surface area is 143 Å². The predicted octanol–water partition coefficient (Wildman–Crippen LogP) is 3.15. The van der Waals surface area contributed by atoms with Crippen LogP contribution in [0, 0.1) is 5.82 Å². The van der Waals surface area contributed by atoms with Gasteiger partial charge in [0.2, 0.25) is 0 Å². The third kappa shape index (κ3) is 2.61. The van der Waals surface area contributed by atoms with Gasteiger partial charge in [-0.25, -0.2) is 14.4 Å². The highest BCUT2D eigenvalue weighted by molar-refractivity contribution is 6.30. The first-order valence-electron chi connectivity index (χ1n) is 7.84. The van der Waals surface area contributed by atoms with Gasteiger partial charge in [-0.2, -0.15) is 0 Å². The van der Waals surface area contributed by atoms with Crippen LogP contribution in [0.4, 0.5) is 10.2 Å². The standard InChI is InChI=1S/C17H16ClFN4O/c18-13-2-1-11(9-14(13)19)15-10-21-17-16(20-5-8-23(15)17)22-6-3-12(24)4-7-22/h1-2,5,8-10,12,24H,3-4,6-7H2. The molecule has 0 bridgehead atoms. The Morgan fingerprint density at radius 3 is 2.75 bits per heavy atom. The summed E-state index contributed by atoms with van der Waals surface area (Å²) in [7, 11) is 0. The van der Waals surface area contributed by atoms with Crippen molar-refractivity contribution in [2.75, 3.05) is 18.0 Å². The van der Waals surface area contributed by atoms with E-state index in [9.17, 15) is 9.50 Å². The predicted molar refractivity (Wildman–Crippen MR) is 90.8 cm³/mol. The lowest BCUT2D eigenvalue weighted by atomic mass is 10.1. The summed E-state index contributed by atoms with van der Waals surface area (Å²) in [5.41, 5.74) is 2.20. The molecule has 0 saturated carbocycles. The molecule has 24 heavy (non-hydrogen) atoms. The quantitative estimate of drug-likeness (QED) is 0.774. The zero-order chi connectivity index (χ0) is 16.7. The van der Waals surface area contributed by atoms with E-state index in [1.807, 2.05) is 10.6 Å². The number of benzene rings is 1. The molecule has 0 amide bonds. The van der Waals surface area contributed by atoms with Gasteiger partial charge in [0.15, 0.2) is 11.5 Å². The molecule has 1 aliphatic heterocycles. The Hall–Kier alpha value is -2.18. The first kappa shape index (κ1) is 15.4. The van der Waals surface area contributed by atoms with Crippen LogP contribution in [0.3, 0.4) is 0 Å². The SMILES string of the molecule is OC1CCN(c2nccn3c(-c4ccc(Cl)c(F)c4)cnc23)CC1. The number of halogens is 2. The molecular formula is C17H16ClFN4O. The molecule has 0 radical (unpaired) electrons. The highest BCUT2D eigenvalue weighted by Gasteiger charge is 2.21. The van der Waals surface area contributed by atoms with Gasteiger partial charge in [0.1, 0.15) is 5.82 Å². The summed E-state index contributed by atoms with van der Waals surface area (Å²) in [6.07, 6.45) is 6.43. The van der Waals surface area contributed by atoms with Crippen LogP contribution in [0.5, 0.6) is 0 Å². The van der Waals surface area contributed by atoms with E-state index in [1.165, 1.54) is 6.07 Å². The smallest absolute Gasteiger partial charge is 0.180 e. The first-order chi connectivity index (χ1) is 11.6. The number of aliphatic hydroxyl groups is 1. The average molecular weight is 347 g/mol. The van der Waals surface area contributed by atoms with Crippen molar-refractivity contribution in [2.45, 2.75) is 18.9 Å². The normalized spacial score (nSPS) is 16.0. The van der Waals surface area contributed by atoms with Gasteiger partial charge in [-0.1, -0.05) is 17.7 Å². The highest BCUT2D eigenvalue weighted by atomic mass is 35.5. The van der Waals surface area contributed by atoms with Crippen LogP contribution in [0.25, 0.3) is 16.9 Å². The van der Waals surface area contributed by atoms with Gasteiger partial charge in [0.05, 0.1) is 23.0 Å². The third-order valence-electron chi connectivity index (χ3n) is 4.39. The number of aliphatic hydroxyl groups excluding tert-OH is 1. The number of anilines is 1. The summed E-state index contributed by atoms with van der Waals surface area (Å²) in [6, 6.07) is 4.72. The fraction of sp³-hybridized carbons (Fsp3) is 0.294. The molecule has 7 heteroatoms. The van der Waals surface area contributed by atoms with E-state index in [0.717, 1.165) is 43.1 Å². The van der Waals surface area contributed by atoms with Crippen molar-refractivity contribution in [3.05, 3.63) is 47.6 Å². The molecule has 3 heterocycles. The minimum absolute atomic E-state index is 0.0989. The molecule has 0 aliphatic carbocycles. The van der Waals surface area contributed by atoms with Crippen LogP contribution in [0.1, 0.15) is 12.8 Å². The summed E-state index contributed by atoms with van der Waals surface area (Å²) in [5, 5.41) is 9.77. The summed E-state index contributed by atoms with van der Waals surface area (Å²) in [5.74, 6) is 0.327. The Morgan fingerprint density at radius 1 is 1.21 bits per heavy atom. The monoisotopic (exact) mass is 346 g/mol. The Balaban J connectivity index is 1.77. The molecule has 0 unspecified atom stereocenters. The zero-order valence-electron chi connectivity index (χ0n) is 12.9. The van der Waals surface area contributed by atoms with Gasteiger partial charge >= 0.3 is 0 Å². The number of fused-ring (bicyclic) bond motifs is 1. The van der Waals surface area contributed by atoms with Gasteiger partial charge in [0, 0.05) is 31.0 Å². The molecule has 0 spiro atoms. The molecule has 3 aromatic rings. The fourth-order valence-corrected chi connectivity index (χ4v) is 3.19. The number of aromatic nitrogens is 3. The summed E-state index contributed by atoms with van der Waals surface area (Å²) in [4.78, 5) is 11.1. The minimum atomic E-state index is -0.455. The lowest BCUT2D eigenvalue weighted by molar-refractivity contribution is 0.145. The largest absolute Gasteiger partial charge is 0.393 e. The van der Waals surface area contributed by atoms with E-state index in [-0.39, 0.29) is 11.1 Å². The van der Waals surface area contributed by atoms with Crippen molar-refractivity contribution in [1.29, 1.82) is 0 Å². The number of rotatable bonds is 2. The van der Waals surface area contributed by atoms with Crippen molar-refractivity contribution in [3.8, 4) is 11.3 Å². The van der Waals surface area contributed by atoms with E-state index in [0.29, 0.717) is 5.56 Å². The number of piperidine rings is 1. The second-order valence-electron chi connectivity index (χ2n) is 5.94. The lowest BCUT2D eigenvalue weighted by Crippen LogP contribution is -2.36. The maximum atomic E-state index is 13.8. The van der Waals surface area contributed by atoms with Crippen LogP contribution in [0.2, 0.25) is 5.02 Å². The zero-order valence-corrected chi connectivity index (χ0v) is 13.6. The van der Waals surface area contributed by atoms with Crippen LogP contribution in [0.15, 0.2) is 36.8 Å². The molecule has 0 atom stereocenters. The molecule has 1 saturated heterocycles. The minimum Gasteiger partial charge on any atom is -0.393 e. The Bertz CT molecular complexity index is 889. The van der Waals surface area contributed by atoms with Crippen molar-refractivity contribution in [1.82, 2.24) is 14.4 Å². The molecule has 1 fully saturated rings. The van der Waals surface area contributed by atoms with Crippen molar-refractivity contribution in [3.63, 3.8) is 0 Å². The van der Waals surface area contributed by atoms with Gasteiger partial charge in [0.25, 0.3) is 0 Å². The molecular weight excluding hydrogens is 331 g/mol. The molecule has 1 N–H and O–H groups in total. The maximum Gasteiger partial charge on any atom is 0.180 e. The number of hydrogen-bond acceptors (Lipinski definition) is 4. The van der Waals surface area contributed by atoms with Crippen LogP contribution in [-0.4, -0.2) is 38.7 Å². The van der Waals surface area contributed by atoms with Crippen LogP contribution >= 0.6 is 11.6 Å². The van der Waals surface area contributed by atoms with Crippen molar-refractivity contribution >= 4 is 23.1 Å². The summed E-state index contributed by atoms with van der Waals surface area (Å²) in [6.45, 7) is 1.48. The third-order valence-corrected chi connectivity index (χ3v) is 4.70. The Kier molecular flexibility index (Phi) is 3.86. The van der Waals surface area contributed by atoms with E-state index in [4.69, 9.17) is 11.6 Å². The van der Waals surface area contributed by atoms with Crippen molar-refractivity contribution < 1.29 is 9.50 Å². The van der Waals surface area contributed by atoms with Gasteiger partial charge < -0.3 is 10.0 Å². The molecule has 124 valence electrons. The van der Waals surface area contributed by atoms with Crippen LogP contribution < -0.4 is 4.90 Å². The van der Waals surface area contributed by atoms with Crippen LogP contribution in [-0.2, 0) is 0 Å². The van der Waals surface area contributed by atoms with Crippen molar-refractivity contribution in [2.24, 2.45) is 0 Å². The number of nitrogens with zero attached hydrogens (tertiary/aromatic N) is 4. The van der Waals surface area contributed by atoms with E-state index >= 15 is 0 Å². The number of hydrogen-bond donors (Lipinski definition) is 1. The Morgan fingerprint density at radius 2 is 2.00 bits per heavy atom. The maximum absolute atomic E-state index is 13.8. The topological polar surface area (TPSA) is 53.7 Å². The first-order valence-corrected chi connectivity index (χ1v) is 8.22. The van der Waals surface area contributed by atoms with Gasteiger partial charge in [-0.05, 0) is 25.0 Å². The molecule has 5 nitrogen and oxygen atoms in total. The summed E-state index contributed by atoms with van der Waals surface area (Å²) < 4.78 is 15.7. The van der Waals surface area contributed by atoms with E-state index in [2.05, 4.69) is 14.9 Å². The van der Waals surface area contributed by atoms with E-state index < -0.39 is 5.82 Å².